The molecule has 1 aromatic carbocycles. The average Bonchev–Trinajstić information content (AvgIpc) is 3.62. The van der Waals surface area contributed by atoms with Gasteiger partial charge in [-0.25, -0.2) is 18.4 Å². The predicted molar refractivity (Wildman–Crippen MR) is 144 cm³/mol. The first-order chi connectivity index (χ1) is 18.4. The molecule has 2 N–H and O–H groups in total. The van der Waals surface area contributed by atoms with Gasteiger partial charge in [0.1, 0.15) is 0 Å². The molecule has 3 rings (SSSR count). The molecule has 39 heavy (non-hydrogen) atoms. The first kappa shape index (κ1) is 30.1. The zero-order chi connectivity index (χ0) is 28.8. The topological polar surface area (TPSA) is 131 Å². The standard InChI is InChI=1S/C24H28F3N5O5S2/c1-5-17(19-13-38-23(31-19)32-39(34,35)16-8-9-16)22(33)30-18-10-7-15(11-20(18)37-24(25,26)27)14(3)29-21(12-28-4)36-6-2/h7,10-13,16-17H,4-6,8-9H2,1-3H3,(H,30,33)(H,31,32)/b21-12+,29-14+. The van der Waals surface area contributed by atoms with Gasteiger partial charge in [-0.05, 0) is 57.5 Å². The van der Waals surface area contributed by atoms with Crippen LogP contribution in [-0.4, -0.2) is 50.0 Å². The number of halogens is 3. The van der Waals surface area contributed by atoms with E-state index in [-0.39, 0.29) is 41.0 Å². The van der Waals surface area contributed by atoms with Crippen molar-refractivity contribution in [3.8, 4) is 5.75 Å². The fraction of sp³-hybridized carbons (Fsp3) is 0.417. The van der Waals surface area contributed by atoms with Crippen molar-refractivity contribution in [3.63, 3.8) is 0 Å². The number of rotatable bonds is 13. The molecule has 0 spiro atoms. The van der Waals surface area contributed by atoms with E-state index < -0.39 is 39.2 Å². The van der Waals surface area contributed by atoms with Gasteiger partial charge >= 0.3 is 6.36 Å². The summed E-state index contributed by atoms with van der Waals surface area (Å²) < 4.78 is 75.9. The molecule has 1 amide bonds. The summed E-state index contributed by atoms with van der Waals surface area (Å²) in [6, 6.07) is 3.84. The van der Waals surface area contributed by atoms with Gasteiger partial charge in [0.05, 0.1) is 35.4 Å². The predicted octanol–water partition coefficient (Wildman–Crippen LogP) is 5.42. The van der Waals surface area contributed by atoms with Crippen LogP contribution in [0.3, 0.4) is 0 Å². The number of anilines is 2. The van der Waals surface area contributed by atoms with Gasteiger partial charge in [-0.1, -0.05) is 13.0 Å². The monoisotopic (exact) mass is 587 g/mol. The molecule has 1 aromatic heterocycles. The number of nitrogens with zero attached hydrogens (tertiary/aromatic N) is 3. The zero-order valence-electron chi connectivity index (χ0n) is 21.4. The smallest absolute Gasteiger partial charge is 0.477 e. The zero-order valence-corrected chi connectivity index (χ0v) is 23.0. The maximum Gasteiger partial charge on any atom is 0.573 e. The molecule has 1 aliphatic carbocycles. The van der Waals surface area contributed by atoms with E-state index >= 15 is 0 Å². The number of aromatic nitrogens is 1. The molecular weight excluding hydrogens is 559 g/mol. The molecule has 1 aliphatic rings. The molecule has 1 saturated carbocycles. The van der Waals surface area contributed by atoms with Gasteiger partial charge in [-0.3, -0.25) is 14.5 Å². The van der Waals surface area contributed by atoms with E-state index in [0.717, 1.165) is 17.4 Å². The molecule has 212 valence electrons. The molecule has 1 unspecified atom stereocenters. The second kappa shape index (κ2) is 12.6. The van der Waals surface area contributed by atoms with Gasteiger partial charge in [0.15, 0.2) is 10.9 Å². The Labute approximate surface area is 228 Å². The fourth-order valence-corrected chi connectivity index (χ4v) is 5.80. The van der Waals surface area contributed by atoms with Crippen molar-refractivity contribution in [2.45, 2.75) is 57.6 Å². The third-order valence-corrected chi connectivity index (χ3v) is 8.18. The van der Waals surface area contributed by atoms with Gasteiger partial charge in [0.25, 0.3) is 0 Å². The van der Waals surface area contributed by atoms with Crippen LogP contribution in [0.15, 0.2) is 45.6 Å². The Bertz CT molecular complexity index is 1370. The van der Waals surface area contributed by atoms with E-state index in [1.807, 2.05) is 0 Å². The number of ether oxygens (including phenoxy) is 2. The maximum atomic E-state index is 13.2. The van der Waals surface area contributed by atoms with Crippen LogP contribution in [0, 0.1) is 0 Å². The normalized spacial score (nSPS) is 15.4. The summed E-state index contributed by atoms with van der Waals surface area (Å²) in [4.78, 5) is 25.1. The molecule has 1 fully saturated rings. The lowest BCUT2D eigenvalue weighted by molar-refractivity contribution is -0.274. The van der Waals surface area contributed by atoms with Crippen LogP contribution >= 0.6 is 11.3 Å². The number of thiazole rings is 1. The Morgan fingerprint density at radius 2 is 2.05 bits per heavy atom. The molecule has 1 heterocycles. The average molecular weight is 588 g/mol. The Hall–Kier alpha value is -3.46. The molecule has 0 saturated heterocycles. The van der Waals surface area contributed by atoms with Crippen molar-refractivity contribution in [1.82, 2.24) is 4.98 Å². The number of alkyl halides is 3. The van der Waals surface area contributed by atoms with Crippen molar-refractivity contribution in [3.05, 3.63) is 46.9 Å². The van der Waals surface area contributed by atoms with Crippen LogP contribution in [0.2, 0.25) is 0 Å². The van der Waals surface area contributed by atoms with Crippen molar-refractivity contribution in [2.24, 2.45) is 9.98 Å². The quantitative estimate of drug-likeness (QED) is 0.238. The Morgan fingerprint density at radius 1 is 1.33 bits per heavy atom. The maximum absolute atomic E-state index is 13.2. The summed E-state index contributed by atoms with van der Waals surface area (Å²) >= 11 is 1.02. The lowest BCUT2D eigenvalue weighted by Crippen LogP contribution is -2.23. The number of amides is 1. The summed E-state index contributed by atoms with van der Waals surface area (Å²) in [6.45, 7) is 8.62. The van der Waals surface area contributed by atoms with Gasteiger partial charge < -0.3 is 14.8 Å². The van der Waals surface area contributed by atoms with Crippen molar-refractivity contribution in [1.29, 1.82) is 0 Å². The van der Waals surface area contributed by atoms with Crippen LogP contribution in [0.1, 0.15) is 57.2 Å². The highest BCUT2D eigenvalue weighted by atomic mass is 32.2. The molecular formula is C24H28F3N5O5S2. The molecule has 0 bridgehead atoms. The van der Waals surface area contributed by atoms with E-state index in [2.05, 4.69) is 36.5 Å². The number of benzene rings is 1. The van der Waals surface area contributed by atoms with Gasteiger partial charge in [-0.15, -0.1) is 24.5 Å². The Kier molecular flexibility index (Phi) is 9.72. The minimum Gasteiger partial charge on any atom is -0.477 e. The number of hydrogen-bond acceptors (Lipinski definition) is 9. The van der Waals surface area contributed by atoms with E-state index in [4.69, 9.17) is 4.74 Å². The Morgan fingerprint density at radius 3 is 2.64 bits per heavy atom. The minimum atomic E-state index is -5.03. The number of nitrogens with one attached hydrogen (secondary N) is 2. The fourth-order valence-electron chi connectivity index (χ4n) is 3.44. The van der Waals surface area contributed by atoms with Crippen LogP contribution in [-0.2, 0) is 19.6 Å². The van der Waals surface area contributed by atoms with Crippen LogP contribution in [0.5, 0.6) is 5.75 Å². The first-order valence-electron chi connectivity index (χ1n) is 11.9. The van der Waals surface area contributed by atoms with Crippen LogP contribution < -0.4 is 14.8 Å². The highest BCUT2D eigenvalue weighted by Gasteiger charge is 2.36. The van der Waals surface area contributed by atoms with Crippen LogP contribution in [0.4, 0.5) is 24.0 Å². The highest BCUT2D eigenvalue weighted by molar-refractivity contribution is 7.93. The molecule has 0 aliphatic heterocycles. The van der Waals surface area contributed by atoms with E-state index in [1.165, 1.54) is 23.7 Å². The van der Waals surface area contributed by atoms with Crippen LogP contribution in [0.25, 0.3) is 0 Å². The molecule has 0 radical (unpaired) electrons. The largest absolute Gasteiger partial charge is 0.573 e. The summed E-state index contributed by atoms with van der Waals surface area (Å²) in [5.41, 5.74) is 0.655. The van der Waals surface area contributed by atoms with Gasteiger partial charge in [-0.2, -0.15) is 0 Å². The molecule has 2 aromatic rings. The summed E-state index contributed by atoms with van der Waals surface area (Å²) in [6.07, 6.45) is -2.35. The molecule has 1 atom stereocenters. The summed E-state index contributed by atoms with van der Waals surface area (Å²) in [5.74, 6) is -2.01. The number of carbonyl (C=O) groups is 1. The molecule has 10 nitrogen and oxygen atoms in total. The Balaban J connectivity index is 1.85. The summed E-state index contributed by atoms with van der Waals surface area (Å²) in [7, 11) is -3.53. The minimum absolute atomic E-state index is 0.119. The van der Waals surface area contributed by atoms with Crippen molar-refractivity contribution >= 4 is 50.5 Å². The van der Waals surface area contributed by atoms with E-state index in [1.54, 1.807) is 20.8 Å². The SMILES string of the molecule is C=N/C=C(\N=C(/C)c1ccc(NC(=O)C(CC)c2csc(NS(=O)(=O)C3CC3)n2)c(OC(F)(F)F)c1)OCC. The van der Waals surface area contributed by atoms with Crippen molar-refractivity contribution < 1.29 is 35.9 Å². The number of sulfonamides is 1. The highest BCUT2D eigenvalue weighted by Crippen LogP contribution is 2.35. The van der Waals surface area contributed by atoms with E-state index in [9.17, 15) is 26.4 Å². The first-order valence-corrected chi connectivity index (χ1v) is 14.3. The lowest BCUT2D eigenvalue weighted by atomic mass is 10.0. The van der Waals surface area contributed by atoms with Crippen molar-refractivity contribution in [2.75, 3.05) is 16.6 Å². The number of hydrogen-bond donors (Lipinski definition) is 2. The third kappa shape index (κ3) is 8.51. The van der Waals surface area contributed by atoms with E-state index in [0.29, 0.717) is 18.6 Å². The number of aliphatic imine (C=N–C) groups is 2. The molecule has 15 heteroatoms. The van der Waals surface area contributed by atoms with Gasteiger partial charge in [0.2, 0.25) is 21.8 Å². The second-order valence-corrected chi connectivity index (χ2v) is 11.2. The third-order valence-electron chi connectivity index (χ3n) is 5.45. The van der Waals surface area contributed by atoms with Gasteiger partial charge in [0, 0.05) is 11.1 Å². The summed E-state index contributed by atoms with van der Waals surface area (Å²) in [5, 5.41) is 3.69. The second-order valence-electron chi connectivity index (χ2n) is 8.41. The lowest BCUT2D eigenvalue weighted by Gasteiger charge is -2.18. The number of carbonyl (C=O) groups excluding carboxylic acids is 1.